The van der Waals surface area contributed by atoms with Crippen LogP contribution in [0, 0.1) is 0 Å². The average Bonchev–Trinajstić information content (AvgIpc) is 2.64. The molecule has 2 aromatic carbocycles. The van der Waals surface area contributed by atoms with Gasteiger partial charge in [0.1, 0.15) is 0 Å². The molecule has 0 saturated carbocycles. The van der Waals surface area contributed by atoms with Crippen molar-refractivity contribution in [1.82, 2.24) is 0 Å². The molecule has 0 fully saturated rings. The topological polar surface area (TPSA) is 69.6 Å². The Balaban J connectivity index is 1.89. The Kier molecular flexibility index (Phi) is 5.15. The summed E-state index contributed by atoms with van der Waals surface area (Å²) in [5.41, 5.74) is 3.35. The lowest BCUT2D eigenvalue weighted by Crippen LogP contribution is -2.29. The molecule has 0 spiro atoms. The fourth-order valence-corrected chi connectivity index (χ4v) is 3.13. The van der Waals surface area contributed by atoms with Gasteiger partial charge in [-0.2, -0.15) is 0 Å². The molecule has 1 aliphatic rings. The highest BCUT2D eigenvalue weighted by molar-refractivity contribution is 6.02. The summed E-state index contributed by atoms with van der Waals surface area (Å²) >= 11 is 0. The van der Waals surface area contributed by atoms with Crippen molar-refractivity contribution in [1.29, 1.82) is 0 Å². The number of carbonyl (C=O) groups is 2. The molecule has 3 rings (SSSR count). The van der Waals surface area contributed by atoms with Crippen LogP contribution in [0.1, 0.15) is 37.0 Å². The van der Waals surface area contributed by atoms with Gasteiger partial charge in [-0.25, -0.2) is 0 Å². The number of nitrogens with zero attached hydrogens (tertiary/aromatic N) is 1. The van der Waals surface area contributed by atoms with Crippen molar-refractivity contribution < 1.29 is 14.7 Å². The number of nitrogens with one attached hydrogen (secondary N) is 1. The second-order valence-electron chi connectivity index (χ2n) is 7.27. The molecule has 140 valence electrons. The van der Waals surface area contributed by atoms with Crippen LogP contribution in [0.2, 0.25) is 0 Å². The van der Waals surface area contributed by atoms with Gasteiger partial charge < -0.3 is 15.3 Å². The first-order chi connectivity index (χ1) is 12.8. The number of benzene rings is 2. The van der Waals surface area contributed by atoms with E-state index >= 15 is 0 Å². The molecule has 27 heavy (non-hydrogen) atoms. The maximum Gasteiger partial charge on any atom is 0.250 e. The van der Waals surface area contributed by atoms with Gasteiger partial charge in [0.2, 0.25) is 5.91 Å². The van der Waals surface area contributed by atoms with E-state index in [1.54, 1.807) is 18.7 Å². The lowest BCUT2D eigenvalue weighted by Gasteiger charge is -2.25. The Labute approximate surface area is 159 Å². The fourth-order valence-electron chi connectivity index (χ4n) is 3.13. The highest BCUT2D eigenvalue weighted by Gasteiger charge is 2.20. The zero-order chi connectivity index (χ0) is 19.6. The Morgan fingerprint density at radius 2 is 1.93 bits per heavy atom. The first-order valence-electron chi connectivity index (χ1n) is 8.96. The maximum absolute atomic E-state index is 12.5. The van der Waals surface area contributed by atoms with E-state index in [4.69, 9.17) is 0 Å². The fraction of sp³-hybridized carbons (Fsp3) is 0.273. The second-order valence-corrected chi connectivity index (χ2v) is 7.27. The van der Waals surface area contributed by atoms with Gasteiger partial charge in [0.25, 0.3) is 5.91 Å². The van der Waals surface area contributed by atoms with E-state index in [9.17, 15) is 14.7 Å². The van der Waals surface area contributed by atoms with Gasteiger partial charge in [-0.05, 0) is 55.2 Å². The minimum atomic E-state index is -0.911. The Morgan fingerprint density at radius 1 is 1.22 bits per heavy atom. The molecule has 5 heteroatoms. The van der Waals surface area contributed by atoms with Crippen molar-refractivity contribution in [2.75, 3.05) is 10.2 Å². The van der Waals surface area contributed by atoms with Gasteiger partial charge in [-0.3, -0.25) is 9.59 Å². The van der Waals surface area contributed by atoms with Crippen molar-refractivity contribution in [3.63, 3.8) is 0 Å². The van der Waals surface area contributed by atoms with Gasteiger partial charge >= 0.3 is 0 Å². The molecule has 0 saturated heterocycles. The van der Waals surface area contributed by atoms with E-state index in [0.717, 1.165) is 22.4 Å². The molecule has 0 unspecified atom stereocenters. The number of aryl methyl sites for hydroxylation is 1. The van der Waals surface area contributed by atoms with E-state index in [-0.39, 0.29) is 11.8 Å². The summed E-state index contributed by atoms with van der Waals surface area (Å²) in [6.45, 7) is 7.43. The molecule has 1 heterocycles. The van der Waals surface area contributed by atoms with E-state index in [2.05, 4.69) is 11.9 Å². The third-order valence-electron chi connectivity index (χ3n) is 4.74. The maximum atomic E-state index is 12.5. The predicted molar refractivity (Wildman–Crippen MR) is 106 cm³/mol. The molecule has 0 aliphatic carbocycles. The Hall–Kier alpha value is -2.92. The molecular weight excluding hydrogens is 340 g/mol. The average molecular weight is 364 g/mol. The normalized spacial score (nSPS) is 13.5. The van der Waals surface area contributed by atoms with Crippen LogP contribution in [0.4, 0.5) is 11.4 Å². The van der Waals surface area contributed by atoms with Crippen LogP contribution in [-0.4, -0.2) is 16.9 Å². The monoisotopic (exact) mass is 364 g/mol. The molecule has 2 amide bonds. The number of rotatable bonds is 5. The number of carbonyl (C=O) groups excluding carboxylic acids is 2. The quantitative estimate of drug-likeness (QED) is 0.798. The smallest absolute Gasteiger partial charge is 0.250 e. The van der Waals surface area contributed by atoms with Crippen molar-refractivity contribution >= 4 is 23.2 Å². The van der Waals surface area contributed by atoms with Crippen molar-refractivity contribution in [2.24, 2.45) is 0 Å². The lowest BCUT2D eigenvalue weighted by molar-refractivity contribution is -0.116. The van der Waals surface area contributed by atoms with Gasteiger partial charge in [-0.15, -0.1) is 0 Å². The van der Waals surface area contributed by atoms with Crippen LogP contribution < -0.4 is 10.2 Å². The Bertz CT molecular complexity index is 879. The van der Waals surface area contributed by atoms with Crippen LogP contribution in [-0.2, 0) is 28.2 Å². The first kappa shape index (κ1) is 18.9. The SMILES string of the molecule is C=CC(=O)N(Cc1ccc(C(C)(C)O)cc1)c1ccc2c(c1)NC(=O)CC2. The second kappa shape index (κ2) is 7.37. The van der Waals surface area contributed by atoms with Crippen LogP contribution >= 0.6 is 0 Å². The summed E-state index contributed by atoms with van der Waals surface area (Å²) in [4.78, 5) is 25.7. The molecular formula is C22H24N2O3. The zero-order valence-corrected chi connectivity index (χ0v) is 15.7. The summed E-state index contributed by atoms with van der Waals surface area (Å²) in [5, 5.41) is 13.0. The van der Waals surface area contributed by atoms with Crippen LogP contribution in [0.15, 0.2) is 55.1 Å². The van der Waals surface area contributed by atoms with E-state index in [0.29, 0.717) is 25.1 Å². The van der Waals surface area contributed by atoms with Crippen molar-refractivity contribution in [3.8, 4) is 0 Å². The van der Waals surface area contributed by atoms with Crippen LogP contribution in [0.25, 0.3) is 0 Å². The van der Waals surface area contributed by atoms with Crippen molar-refractivity contribution in [3.05, 3.63) is 71.8 Å². The summed E-state index contributed by atoms with van der Waals surface area (Å²) in [6, 6.07) is 13.2. The number of anilines is 2. The standard InChI is InChI=1S/C22H24N2O3/c1-4-21(26)24(14-15-5-9-17(10-6-15)22(2,3)27)18-11-7-16-8-12-20(25)23-19(16)13-18/h4-7,9-11,13,27H,1,8,12,14H2,2-3H3,(H,23,25). The number of hydrogen-bond acceptors (Lipinski definition) is 3. The summed E-state index contributed by atoms with van der Waals surface area (Å²) < 4.78 is 0. The van der Waals surface area contributed by atoms with E-state index in [1.165, 1.54) is 6.08 Å². The highest BCUT2D eigenvalue weighted by Crippen LogP contribution is 2.29. The van der Waals surface area contributed by atoms with E-state index in [1.807, 2.05) is 42.5 Å². The number of fused-ring (bicyclic) bond motifs is 1. The molecule has 2 N–H and O–H groups in total. The lowest BCUT2D eigenvalue weighted by atomic mass is 9.97. The largest absolute Gasteiger partial charge is 0.386 e. The molecule has 0 bridgehead atoms. The van der Waals surface area contributed by atoms with E-state index < -0.39 is 5.60 Å². The molecule has 0 atom stereocenters. The van der Waals surface area contributed by atoms with Crippen molar-refractivity contribution in [2.45, 2.75) is 38.8 Å². The molecule has 5 nitrogen and oxygen atoms in total. The highest BCUT2D eigenvalue weighted by atomic mass is 16.3. The van der Waals surface area contributed by atoms with Gasteiger partial charge in [0, 0.05) is 17.8 Å². The Morgan fingerprint density at radius 3 is 2.56 bits per heavy atom. The van der Waals surface area contributed by atoms with Gasteiger partial charge in [-0.1, -0.05) is 36.9 Å². The number of aliphatic hydroxyl groups is 1. The molecule has 2 aromatic rings. The molecule has 0 radical (unpaired) electrons. The zero-order valence-electron chi connectivity index (χ0n) is 15.7. The number of hydrogen-bond donors (Lipinski definition) is 2. The molecule has 1 aliphatic heterocycles. The van der Waals surface area contributed by atoms with Crippen LogP contribution in [0.3, 0.4) is 0 Å². The minimum absolute atomic E-state index is 0.0107. The first-order valence-corrected chi connectivity index (χ1v) is 8.96. The van der Waals surface area contributed by atoms with Gasteiger partial charge in [0.15, 0.2) is 0 Å². The molecule has 0 aromatic heterocycles. The predicted octanol–water partition coefficient (Wildman–Crippen LogP) is 3.52. The minimum Gasteiger partial charge on any atom is -0.386 e. The summed E-state index contributed by atoms with van der Waals surface area (Å²) in [7, 11) is 0. The summed E-state index contributed by atoms with van der Waals surface area (Å²) in [6.07, 6.45) is 2.47. The third-order valence-corrected chi connectivity index (χ3v) is 4.74. The summed E-state index contributed by atoms with van der Waals surface area (Å²) in [5.74, 6) is -0.230. The van der Waals surface area contributed by atoms with Gasteiger partial charge in [0.05, 0.1) is 12.1 Å². The third kappa shape index (κ3) is 4.26. The number of amides is 2. The van der Waals surface area contributed by atoms with Crippen LogP contribution in [0.5, 0.6) is 0 Å².